The third-order valence-electron chi connectivity index (χ3n) is 3.17. The molecular formula is C15H22N2O2. The molecule has 1 aliphatic heterocycles. The number of hydrogen-bond donors (Lipinski definition) is 1. The fraction of sp³-hybridized carbons (Fsp3) is 0.533. The first-order chi connectivity index (χ1) is 8.85. The van der Waals surface area contributed by atoms with Crippen LogP contribution in [0.1, 0.15) is 26.3 Å². The van der Waals surface area contributed by atoms with Gasteiger partial charge in [-0.1, -0.05) is 18.2 Å². The van der Waals surface area contributed by atoms with E-state index in [1.165, 1.54) is 0 Å². The van der Waals surface area contributed by atoms with Gasteiger partial charge in [0.05, 0.1) is 0 Å². The van der Waals surface area contributed by atoms with Crippen molar-refractivity contribution < 1.29 is 9.53 Å². The Morgan fingerprint density at radius 2 is 2.00 bits per heavy atom. The maximum absolute atomic E-state index is 11.8. The number of carbonyl (C=O) groups is 1. The summed E-state index contributed by atoms with van der Waals surface area (Å²) >= 11 is 0. The Morgan fingerprint density at radius 1 is 1.37 bits per heavy atom. The van der Waals surface area contributed by atoms with Gasteiger partial charge in [-0.25, -0.2) is 4.79 Å². The lowest BCUT2D eigenvalue weighted by atomic mass is 9.92. The zero-order valence-electron chi connectivity index (χ0n) is 11.8. The predicted octanol–water partition coefficient (Wildman–Crippen LogP) is 2.68. The van der Waals surface area contributed by atoms with Crippen molar-refractivity contribution in [2.75, 3.05) is 18.8 Å². The summed E-state index contributed by atoms with van der Waals surface area (Å²) < 4.78 is 5.33. The number of rotatable bonds is 2. The monoisotopic (exact) mass is 262 g/mol. The van der Waals surface area contributed by atoms with Crippen LogP contribution in [0.2, 0.25) is 0 Å². The molecule has 1 aromatic carbocycles. The Kier molecular flexibility index (Phi) is 3.69. The fourth-order valence-corrected chi connectivity index (χ4v) is 2.21. The Bertz CT molecular complexity index is 459. The fourth-order valence-electron chi connectivity index (χ4n) is 2.21. The van der Waals surface area contributed by atoms with Gasteiger partial charge in [0.1, 0.15) is 5.60 Å². The average Bonchev–Trinajstić information content (AvgIpc) is 2.22. The molecular weight excluding hydrogens is 240 g/mol. The standard InChI is InChI=1S/C15H22N2O2/c1-15(2,3)19-14(18)17-9-11(10-17)8-12-6-4-5-7-13(12)16/h4-7,11H,8-10,16H2,1-3H3. The Balaban J connectivity index is 1.81. The summed E-state index contributed by atoms with van der Waals surface area (Å²) in [4.78, 5) is 13.5. The normalized spacial score (nSPS) is 16.1. The van der Waals surface area contributed by atoms with Gasteiger partial charge in [-0.05, 0) is 44.7 Å². The summed E-state index contributed by atoms with van der Waals surface area (Å²) in [6.45, 7) is 7.15. The Labute approximate surface area is 114 Å². The summed E-state index contributed by atoms with van der Waals surface area (Å²) in [5.74, 6) is 0.484. The number of likely N-dealkylation sites (tertiary alicyclic amines) is 1. The van der Waals surface area contributed by atoms with E-state index in [0.29, 0.717) is 5.92 Å². The molecule has 0 atom stereocenters. The molecule has 0 radical (unpaired) electrons. The lowest BCUT2D eigenvalue weighted by molar-refractivity contribution is -0.000851. The van der Waals surface area contributed by atoms with Crippen molar-refractivity contribution in [3.05, 3.63) is 29.8 Å². The van der Waals surface area contributed by atoms with Crippen LogP contribution in [0.5, 0.6) is 0 Å². The quantitative estimate of drug-likeness (QED) is 0.834. The molecule has 4 nitrogen and oxygen atoms in total. The molecule has 104 valence electrons. The van der Waals surface area contributed by atoms with Gasteiger partial charge in [-0.15, -0.1) is 0 Å². The smallest absolute Gasteiger partial charge is 0.410 e. The number of carbonyl (C=O) groups excluding carboxylic acids is 1. The number of nitrogens with zero attached hydrogens (tertiary/aromatic N) is 1. The van der Waals surface area contributed by atoms with Crippen LogP contribution >= 0.6 is 0 Å². The molecule has 2 N–H and O–H groups in total. The maximum Gasteiger partial charge on any atom is 0.410 e. The average molecular weight is 262 g/mol. The van der Waals surface area contributed by atoms with Crippen LogP contribution in [0.15, 0.2) is 24.3 Å². The van der Waals surface area contributed by atoms with Gasteiger partial charge < -0.3 is 15.4 Å². The molecule has 1 saturated heterocycles. The molecule has 1 aliphatic rings. The summed E-state index contributed by atoms with van der Waals surface area (Å²) in [6.07, 6.45) is 0.705. The van der Waals surface area contributed by atoms with E-state index >= 15 is 0 Å². The van der Waals surface area contributed by atoms with Crippen molar-refractivity contribution >= 4 is 11.8 Å². The molecule has 0 saturated carbocycles. The molecule has 0 spiro atoms. The van der Waals surface area contributed by atoms with Gasteiger partial charge >= 0.3 is 6.09 Å². The van der Waals surface area contributed by atoms with Crippen molar-refractivity contribution in [3.63, 3.8) is 0 Å². The first-order valence-electron chi connectivity index (χ1n) is 6.66. The van der Waals surface area contributed by atoms with Gasteiger partial charge in [0.15, 0.2) is 0 Å². The molecule has 0 aliphatic carbocycles. The molecule has 0 unspecified atom stereocenters. The maximum atomic E-state index is 11.8. The summed E-state index contributed by atoms with van der Waals surface area (Å²) in [5, 5.41) is 0. The third kappa shape index (κ3) is 3.63. The highest BCUT2D eigenvalue weighted by molar-refractivity contribution is 5.69. The van der Waals surface area contributed by atoms with Gasteiger partial charge in [0, 0.05) is 18.8 Å². The number of ether oxygens (including phenoxy) is 1. The minimum atomic E-state index is -0.425. The zero-order chi connectivity index (χ0) is 14.0. The highest BCUT2D eigenvalue weighted by Gasteiger charge is 2.33. The number of amides is 1. The van der Waals surface area contributed by atoms with E-state index < -0.39 is 5.60 Å². The van der Waals surface area contributed by atoms with Crippen molar-refractivity contribution in [3.8, 4) is 0 Å². The molecule has 1 heterocycles. The van der Waals surface area contributed by atoms with E-state index in [4.69, 9.17) is 10.5 Å². The van der Waals surface area contributed by atoms with Crippen LogP contribution in [-0.4, -0.2) is 29.7 Å². The number of anilines is 1. The van der Waals surface area contributed by atoms with Crippen molar-refractivity contribution in [1.29, 1.82) is 0 Å². The van der Waals surface area contributed by atoms with Crippen LogP contribution in [0.4, 0.5) is 10.5 Å². The number of para-hydroxylation sites is 1. The predicted molar refractivity (Wildman–Crippen MR) is 75.9 cm³/mol. The van der Waals surface area contributed by atoms with Gasteiger partial charge in [-0.3, -0.25) is 0 Å². The van der Waals surface area contributed by atoms with E-state index in [-0.39, 0.29) is 6.09 Å². The Hall–Kier alpha value is -1.71. The highest BCUT2D eigenvalue weighted by atomic mass is 16.6. The van der Waals surface area contributed by atoms with Crippen LogP contribution in [0, 0.1) is 5.92 Å². The zero-order valence-corrected chi connectivity index (χ0v) is 11.8. The molecule has 1 aromatic rings. The number of benzene rings is 1. The van der Waals surface area contributed by atoms with E-state index in [0.717, 1.165) is 30.8 Å². The molecule has 1 amide bonds. The second kappa shape index (κ2) is 5.11. The van der Waals surface area contributed by atoms with E-state index in [2.05, 4.69) is 0 Å². The number of nitrogen functional groups attached to an aromatic ring is 1. The SMILES string of the molecule is CC(C)(C)OC(=O)N1CC(Cc2ccccc2N)C1. The highest BCUT2D eigenvalue weighted by Crippen LogP contribution is 2.24. The first-order valence-corrected chi connectivity index (χ1v) is 6.66. The van der Waals surface area contributed by atoms with Gasteiger partial charge in [-0.2, -0.15) is 0 Å². The van der Waals surface area contributed by atoms with E-state index in [1.807, 2.05) is 45.0 Å². The van der Waals surface area contributed by atoms with Crippen LogP contribution < -0.4 is 5.73 Å². The summed E-state index contributed by atoms with van der Waals surface area (Å²) in [5.41, 5.74) is 7.49. The minimum absolute atomic E-state index is 0.218. The van der Waals surface area contributed by atoms with Gasteiger partial charge in [0.2, 0.25) is 0 Å². The molecule has 4 heteroatoms. The number of nitrogens with two attached hydrogens (primary N) is 1. The van der Waals surface area contributed by atoms with Crippen LogP contribution in [-0.2, 0) is 11.2 Å². The first kappa shape index (κ1) is 13.7. The second-order valence-electron chi connectivity index (χ2n) is 6.15. The lowest BCUT2D eigenvalue weighted by Crippen LogP contribution is -2.52. The van der Waals surface area contributed by atoms with Crippen molar-refractivity contribution in [2.24, 2.45) is 5.92 Å². The Morgan fingerprint density at radius 3 is 2.58 bits per heavy atom. The third-order valence-corrected chi connectivity index (χ3v) is 3.17. The lowest BCUT2D eigenvalue weighted by Gasteiger charge is -2.40. The second-order valence-corrected chi connectivity index (χ2v) is 6.15. The largest absolute Gasteiger partial charge is 0.444 e. The van der Waals surface area contributed by atoms with E-state index in [1.54, 1.807) is 4.90 Å². The minimum Gasteiger partial charge on any atom is -0.444 e. The van der Waals surface area contributed by atoms with Gasteiger partial charge in [0.25, 0.3) is 0 Å². The van der Waals surface area contributed by atoms with Crippen molar-refractivity contribution in [1.82, 2.24) is 4.90 Å². The van der Waals surface area contributed by atoms with Crippen LogP contribution in [0.3, 0.4) is 0 Å². The molecule has 19 heavy (non-hydrogen) atoms. The molecule has 1 fully saturated rings. The van der Waals surface area contributed by atoms with E-state index in [9.17, 15) is 4.79 Å². The van der Waals surface area contributed by atoms with Crippen LogP contribution in [0.25, 0.3) is 0 Å². The molecule has 0 aromatic heterocycles. The molecule has 2 rings (SSSR count). The van der Waals surface area contributed by atoms with Crippen molar-refractivity contribution in [2.45, 2.75) is 32.8 Å². The topological polar surface area (TPSA) is 55.6 Å². The number of hydrogen-bond acceptors (Lipinski definition) is 3. The summed E-state index contributed by atoms with van der Waals surface area (Å²) in [6, 6.07) is 7.90. The summed E-state index contributed by atoms with van der Waals surface area (Å²) in [7, 11) is 0. The molecule has 0 bridgehead atoms.